The van der Waals surface area contributed by atoms with Crippen molar-refractivity contribution >= 4 is 17.3 Å². The number of hydrogen-bond donors (Lipinski definition) is 1. The minimum absolute atomic E-state index is 0.0944. The molecule has 0 spiro atoms. The molecule has 0 radical (unpaired) electrons. The third kappa shape index (κ3) is 1.93. The van der Waals surface area contributed by atoms with Crippen LogP contribution in [0.2, 0.25) is 5.02 Å². The van der Waals surface area contributed by atoms with Crippen molar-refractivity contribution in [3.05, 3.63) is 28.8 Å². The number of rotatable bonds is 2. The second-order valence-corrected chi connectivity index (χ2v) is 7.64. The molecule has 1 N–H and O–H groups in total. The van der Waals surface area contributed by atoms with Crippen LogP contribution in [0.15, 0.2) is 12.1 Å². The summed E-state index contributed by atoms with van der Waals surface area (Å²) in [5.41, 5.74) is 0.495. The van der Waals surface area contributed by atoms with Crippen LogP contribution in [0.3, 0.4) is 0 Å². The molecule has 110 valence electrons. The van der Waals surface area contributed by atoms with E-state index in [1.54, 1.807) is 0 Å². The van der Waals surface area contributed by atoms with E-state index in [0.29, 0.717) is 5.92 Å². The maximum absolute atomic E-state index is 14.0. The summed E-state index contributed by atoms with van der Waals surface area (Å²) in [4.78, 5) is 0. The van der Waals surface area contributed by atoms with Crippen molar-refractivity contribution in [1.29, 1.82) is 0 Å². The van der Waals surface area contributed by atoms with Gasteiger partial charge in [-0.1, -0.05) is 32.4 Å². The molecule has 1 nitrogen and oxygen atoms in total. The van der Waals surface area contributed by atoms with Crippen molar-refractivity contribution in [3.63, 3.8) is 0 Å². The van der Waals surface area contributed by atoms with Gasteiger partial charge in [-0.2, -0.15) is 0 Å². The largest absolute Gasteiger partial charge is 0.378 e. The SMILES string of the molecule is CC12CCC(C1)C(C)(C)C2Nc1c(F)cc(F)cc1Cl. The Bertz CT molecular complexity index is 530. The first kappa shape index (κ1) is 14.1. The van der Waals surface area contributed by atoms with Gasteiger partial charge in [0.1, 0.15) is 5.82 Å². The van der Waals surface area contributed by atoms with Gasteiger partial charge in [-0.15, -0.1) is 0 Å². The third-order valence-corrected chi connectivity index (χ3v) is 5.86. The summed E-state index contributed by atoms with van der Waals surface area (Å²) in [6, 6.07) is 2.21. The second kappa shape index (κ2) is 4.33. The number of halogens is 3. The Morgan fingerprint density at radius 1 is 1.25 bits per heavy atom. The van der Waals surface area contributed by atoms with E-state index >= 15 is 0 Å². The van der Waals surface area contributed by atoms with E-state index < -0.39 is 11.6 Å². The topological polar surface area (TPSA) is 12.0 Å². The summed E-state index contributed by atoms with van der Waals surface area (Å²) < 4.78 is 27.1. The summed E-state index contributed by atoms with van der Waals surface area (Å²) in [5, 5.41) is 3.41. The molecule has 3 atom stereocenters. The maximum Gasteiger partial charge on any atom is 0.150 e. The quantitative estimate of drug-likeness (QED) is 0.787. The van der Waals surface area contributed by atoms with Crippen LogP contribution >= 0.6 is 11.6 Å². The van der Waals surface area contributed by atoms with Gasteiger partial charge in [-0.05, 0) is 42.1 Å². The first-order valence-electron chi connectivity index (χ1n) is 7.15. The van der Waals surface area contributed by atoms with Gasteiger partial charge in [0.2, 0.25) is 0 Å². The van der Waals surface area contributed by atoms with Gasteiger partial charge in [0.25, 0.3) is 0 Å². The van der Waals surface area contributed by atoms with Crippen LogP contribution in [0.4, 0.5) is 14.5 Å². The predicted molar refractivity (Wildman–Crippen MR) is 78.0 cm³/mol. The van der Waals surface area contributed by atoms with Gasteiger partial charge < -0.3 is 5.32 Å². The van der Waals surface area contributed by atoms with Crippen LogP contribution in [-0.4, -0.2) is 6.04 Å². The molecule has 4 heteroatoms. The summed E-state index contributed by atoms with van der Waals surface area (Å²) >= 11 is 6.01. The lowest BCUT2D eigenvalue weighted by molar-refractivity contribution is 0.155. The maximum atomic E-state index is 14.0. The molecule has 2 saturated carbocycles. The first-order chi connectivity index (χ1) is 9.24. The molecule has 20 heavy (non-hydrogen) atoms. The van der Waals surface area contributed by atoms with Gasteiger partial charge in [-0.3, -0.25) is 0 Å². The van der Waals surface area contributed by atoms with Gasteiger partial charge in [0, 0.05) is 12.1 Å². The van der Waals surface area contributed by atoms with Crippen molar-refractivity contribution < 1.29 is 8.78 Å². The molecule has 0 aliphatic heterocycles. The highest BCUT2D eigenvalue weighted by Gasteiger charge is 2.59. The number of fused-ring (bicyclic) bond motifs is 2. The Morgan fingerprint density at radius 3 is 2.50 bits per heavy atom. The van der Waals surface area contributed by atoms with Crippen molar-refractivity contribution in [3.8, 4) is 0 Å². The van der Waals surface area contributed by atoms with E-state index in [9.17, 15) is 8.78 Å². The lowest BCUT2D eigenvalue weighted by atomic mass is 9.68. The van der Waals surface area contributed by atoms with Gasteiger partial charge >= 0.3 is 0 Å². The lowest BCUT2D eigenvalue weighted by Crippen LogP contribution is -2.46. The zero-order valence-corrected chi connectivity index (χ0v) is 12.8. The number of benzene rings is 1. The smallest absolute Gasteiger partial charge is 0.150 e. The first-order valence-corrected chi connectivity index (χ1v) is 7.53. The molecule has 2 bridgehead atoms. The predicted octanol–water partition coefficient (Wildman–Crippen LogP) is 5.24. The average Bonchev–Trinajstić information content (AvgIpc) is 2.77. The number of nitrogens with one attached hydrogen (secondary N) is 1. The van der Waals surface area contributed by atoms with E-state index in [1.165, 1.54) is 6.42 Å². The Balaban J connectivity index is 1.96. The van der Waals surface area contributed by atoms with E-state index in [2.05, 4.69) is 26.1 Å². The monoisotopic (exact) mass is 299 g/mol. The Morgan fingerprint density at radius 2 is 1.95 bits per heavy atom. The van der Waals surface area contributed by atoms with Crippen molar-refractivity contribution in [1.82, 2.24) is 0 Å². The van der Waals surface area contributed by atoms with Crippen LogP contribution in [0.25, 0.3) is 0 Å². The molecule has 1 aromatic rings. The lowest BCUT2D eigenvalue weighted by Gasteiger charge is -2.43. The molecule has 0 aromatic heterocycles. The standard InChI is InChI=1S/C16H20ClF2N/c1-15(2)9-4-5-16(3,8-9)14(15)20-13-11(17)6-10(18)7-12(13)19/h6-7,9,14,20H,4-5,8H2,1-3H3. The molecule has 0 heterocycles. The van der Waals surface area contributed by atoms with E-state index in [0.717, 1.165) is 25.0 Å². The average molecular weight is 300 g/mol. The normalized spacial score (nSPS) is 34.5. The minimum Gasteiger partial charge on any atom is -0.378 e. The molecular formula is C16H20ClF2N. The van der Waals surface area contributed by atoms with Gasteiger partial charge in [0.15, 0.2) is 5.82 Å². The van der Waals surface area contributed by atoms with Crippen molar-refractivity contribution in [2.24, 2.45) is 16.7 Å². The van der Waals surface area contributed by atoms with Crippen LogP contribution in [0.1, 0.15) is 40.0 Å². The van der Waals surface area contributed by atoms with Crippen molar-refractivity contribution in [2.75, 3.05) is 5.32 Å². The summed E-state index contributed by atoms with van der Waals surface area (Å²) in [6.07, 6.45) is 3.55. The molecule has 2 aliphatic carbocycles. The molecule has 3 rings (SSSR count). The Labute approximate surface area is 123 Å². The molecule has 0 saturated heterocycles. The summed E-state index contributed by atoms with van der Waals surface area (Å²) in [7, 11) is 0. The van der Waals surface area contributed by atoms with E-state index in [4.69, 9.17) is 11.6 Å². The molecule has 3 unspecified atom stereocenters. The van der Waals surface area contributed by atoms with Gasteiger partial charge in [0.05, 0.1) is 10.7 Å². The molecule has 0 amide bonds. The fourth-order valence-corrected chi connectivity index (χ4v) is 4.74. The third-order valence-electron chi connectivity index (χ3n) is 5.57. The fourth-order valence-electron chi connectivity index (χ4n) is 4.49. The fraction of sp³-hybridized carbons (Fsp3) is 0.625. The zero-order valence-electron chi connectivity index (χ0n) is 12.1. The minimum atomic E-state index is -0.642. The highest BCUT2D eigenvalue weighted by atomic mass is 35.5. The summed E-state index contributed by atoms with van der Waals surface area (Å²) in [6.45, 7) is 6.72. The van der Waals surface area contributed by atoms with E-state index in [-0.39, 0.29) is 27.6 Å². The van der Waals surface area contributed by atoms with E-state index in [1.807, 2.05) is 0 Å². The molecule has 1 aromatic carbocycles. The van der Waals surface area contributed by atoms with Crippen LogP contribution in [0, 0.1) is 28.4 Å². The molecule has 2 aliphatic rings. The van der Waals surface area contributed by atoms with Crippen LogP contribution in [0.5, 0.6) is 0 Å². The van der Waals surface area contributed by atoms with Crippen molar-refractivity contribution in [2.45, 2.75) is 46.1 Å². The Kier molecular flexibility index (Phi) is 3.06. The summed E-state index contributed by atoms with van der Waals surface area (Å²) in [5.74, 6) is -0.596. The Hall–Kier alpha value is -0.830. The highest BCUT2D eigenvalue weighted by molar-refractivity contribution is 6.33. The number of anilines is 1. The van der Waals surface area contributed by atoms with Crippen LogP contribution < -0.4 is 5.32 Å². The zero-order chi connectivity index (χ0) is 14.7. The van der Waals surface area contributed by atoms with Crippen LogP contribution in [-0.2, 0) is 0 Å². The number of hydrogen-bond acceptors (Lipinski definition) is 1. The molecule has 2 fully saturated rings. The second-order valence-electron chi connectivity index (χ2n) is 7.24. The highest BCUT2D eigenvalue weighted by Crippen LogP contribution is 2.63. The van der Waals surface area contributed by atoms with Gasteiger partial charge in [-0.25, -0.2) is 8.78 Å². The molecular weight excluding hydrogens is 280 g/mol.